The van der Waals surface area contributed by atoms with Gasteiger partial charge in [-0.3, -0.25) is 4.79 Å². The molecule has 1 fully saturated rings. The summed E-state index contributed by atoms with van der Waals surface area (Å²) >= 11 is 0. The number of amides is 1. The Kier molecular flexibility index (Phi) is 5.33. The van der Waals surface area contributed by atoms with Gasteiger partial charge in [0.15, 0.2) is 0 Å². The van der Waals surface area contributed by atoms with E-state index < -0.39 is 11.7 Å². The lowest BCUT2D eigenvalue weighted by molar-refractivity contribution is 0.0275. The summed E-state index contributed by atoms with van der Waals surface area (Å²) in [5.41, 5.74) is 2.35. The van der Waals surface area contributed by atoms with E-state index in [1.807, 2.05) is 6.07 Å². The van der Waals surface area contributed by atoms with Crippen molar-refractivity contribution in [2.75, 3.05) is 25.0 Å². The Labute approximate surface area is 166 Å². The molecule has 3 aromatic rings. The van der Waals surface area contributed by atoms with Crippen molar-refractivity contribution >= 4 is 11.6 Å². The molecule has 0 saturated carbocycles. The minimum atomic E-state index is -0.524. The molecular formula is C21H18FN5O2. The zero-order valence-corrected chi connectivity index (χ0v) is 15.4. The highest BCUT2D eigenvalue weighted by Gasteiger charge is 2.18. The van der Waals surface area contributed by atoms with Crippen LogP contribution in [0.4, 0.5) is 10.1 Å². The van der Waals surface area contributed by atoms with Crippen molar-refractivity contribution in [2.45, 2.75) is 6.10 Å². The minimum absolute atomic E-state index is 0.0913. The standard InChI is InChI=1S/C21H18FN5O2/c22-18-9-15(20-12-24-7-8-29-20)3-6-19(18)26-21(28)16-11-25-27(13-16)17-4-1-14(10-23)2-5-17/h1-6,9,11,13,20,24H,7-8,12H2,(H,26,28). The van der Waals surface area contributed by atoms with Crippen LogP contribution in [0.2, 0.25) is 0 Å². The summed E-state index contributed by atoms with van der Waals surface area (Å²) in [5, 5.41) is 18.8. The fraction of sp³-hybridized carbons (Fsp3) is 0.190. The lowest BCUT2D eigenvalue weighted by Gasteiger charge is -2.24. The lowest BCUT2D eigenvalue weighted by Crippen LogP contribution is -2.33. The van der Waals surface area contributed by atoms with Gasteiger partial charge in [-0.1, -0.05) is 6.07 Å². The first-order valence-electron chi connectivity index (χ1n) is 9.12. The van der Waals surface area contributed by atoms with Crippen LogP contribution in [0.1, 0.15) is 27.6 Å². The molecule has 0 spiro atoms. The summed E-state index contributed by atoms with van der Waals surface area (Å²) < 4.78 is 21.6. The Hall–Kier alpha value is -3.54. The van der Waals surface area contributed by atoms with E-state index in [4.69, 9.17) is 10.00 Å². The van der Waals surface area contributed by atoms with E-state index in [9.17, 15) is 9.18 Å². The molecule has 1 aliphatic heterocycles. The Morgan fingerprint density at radius 3 is 2.83 bits per heavy atom. The fourth-order valence-corrected chi connectivity index (χ4v) is 3.08. The van der Waals surface area contributed by atoms with E-state index in [1.54, 1.807) is 36.5 Å². The third-order valence-corrected chi connectivity index (χ3v) is 4.65. The van der Waals surface area contributed by atoms with Crippen molar-refractivity contribution in [3.05, 3.63) is 77.4 Å². The molecule has 2 aromatic carbocycles. The van der Waals surface area contributed by atoms with Gasteiger partial charge in [-0.15, -0.1) is 0 Å². The third kappa shape index (κ3) is 4.16. The van der Waals surface area contributed by atoms with E-state index >= 15 is 0 Å². The number of nitrogens with one attached hydrogen (secondary N) is 2. The van der Waals surface area contributed by atoms with Gasteiger partial charge in [0.25, 0.3) is 5.91 Å². The van der Waals surface area contributed by atoms with E-state index in [2.05, 4.69) is 15.7 Å². The van der Waals surface area contributed by atoms with Crippen molar-refractivity contribution in [1.82, 2.24) is 15.1 Å². The van der Waals surface area contributed by atoms with E-state index in [0.717, 1.165) is 12.1 Å². The maximum atomic E-state index is 14.5. The number of ether oxygens (including phenoxy) is 1. The number of aromatic nitrogens is 2. The maximum Gasteiger partial charge on any atom is 0.258 e. The Bertz CT molecular complexity index is 1070. The summed E-state index contributed by atoms with van der Waals surface area (Å²) in [6, 6.07) is 13.5. The largest absolute Gasteiger partial charge is 0.371 e. The quantitative estimate of drug-likeness (QED) is 0.714. The summed E-state index contributed by atoms with van der Waals surface area (Å²) in [6.45, 7) is 1.98. The summed E-state index contributed by atoms with van der Waals surface area (Å²) in [5.74, 6) is -0.989. The molecule has 7 nitrogen and oxygen atoms in total. The topological polar surface area (TPSA) is 92.0 Å². The summed E-state index contributed by atoms with van der Waals surface area (Å²) in [4.78, 5) is 12.5. The number of carbonyl (C=O) groups excluding carboxylic acids is 1. The van der Waals surface area contributed by atoms with Crippen LogP contribution in [0.3, 0.4) is 0 Å². The molecule has 0 aliphatic carbocycles. The number of benzene rings is 2. The minimum Gasteiger partial charge on any atom is -0.371 e. The first-order chi connectivity index (χ1) is 14.1. The molecule has 2 heterocycles. The molecule has 29 heavy (non-hydrogen) atoms. The predicted octanol–water partition coefficient (Wildman–Crippen LogP) is 2.80. The molecule has 1 atom stereocenters. The van der Waals surface area contributed by atoms with Crippen molar-refractivity contribution in [3.8, 4) is 11.8 Å². The zero-order chi connectivity index (χ0) is 20.2. The molecule has 8 heteroatoms. The van der Waals surface area contributed by atoms with Gasteiger partial charge in [0.05, 0.1) is 47.5 Å². The van der Waals surface area contributed by atoms with E-state index in [1.165, 1.54) is 23.0 Å². The van der Waals surface area contributed by atoms with Crippen LogP contribution < -0.4 is 10.6 Å². The van der Waals surface area contributed by atoms with Crippen LogP contribution in [-0.4, -0.2) is 35.4 Å². The second kappa shape index (κ2) is 8.22. The van der Waals surface area contributed by atoms with Gasteiger partial charge >= 0.3 is 0 Å². The number of halogens is 1. The molecule has 1 saturated heterocycles. The van der Waals surface area contributed by atoms with Crippen LogP contribution in [0.25, 0.3) is 5.69 Å². The first kappa shape index (κ1) is 18.8. The van der Waals surface area contributed by atoms with Gasteiger partial charge < -0.3 is 15.4 Å². The van der Waals surface area contributed by atoms with E-state index in [-0.39, 0.29) is 17.4 Å². The van der Waals surface area contributed by atoms with Gasteiger partial charge in [-0.2, -0.15) is 10.4 Å². The smallest absolute Gasteiger partial charge is 0.258 e. The normalized spacial score (nSPS) is 16.2. The number of morpholine rings is 1. The average Bonchev–Trinajstić information content (AvgIpc) is 3.26. The number of nitrogens with zero attached hydrogens (tertiary/aromatic N) is 3. The Morgan fingerprint density at radius 2 is 2.14 bits per heavy atom. The number of hydrogen-bond donors (Lipinski definition) is 2. The molecule has 146 valence electrons. The van der Waals surface area contributed by atoms with Crippen LogP contribution in [0.5, 0.6) is 0 Å². The molecular weight excluding hydrogens is 373 g/mol. The number of anilines is 1. The van der Waals surface area contributed by atoms with Gasteiger partial charge in [0.1, 0.15) is 5.82 Å². The SMILES string of the molecule is N#Cc1ccc(-n2cc(C(=O)Nc3ccc(C4CNCCO4)cc3F)cn2)cc1. The monoisotopic (exact) mass is 391 g/mol. The Morgan fingerprint density at radius 1 is 1.31 bits per heavy atom. The van der Waals surface area contributed by atoms with Crippen LogP contribution in [-0.2, 0) is 4.74 Å². The third-order valence-electron chi connectivity index (χ3n) is 4.65. The molecule has 1 aliphatic rings. The molecule has 2 N–H and O–H groups in total. The van der Waals surface area contributed by atoms with Gasteiger partial charge in [-0.05, 0) is 42.0 Å². The highest BCUT2D eigenvalue weighted by molar-refractivity contribution is 6.04. The van der Waals surface area contributed by atoms with Crippen molar-refractivity contribution in [3.63, 3.8) is 0 Å². The number of carbonyl (C=O) groups is 1. The van der Waals surface area contributed by atoms with Crippen molar-refractivity contribution in [2.24, 2.45) is 0 Å². The van der Waals surface area contributed by atoms with Crippen molar-refractivity contribution in [1.29, 1.82) is 5.26 Å². The van der Waals surface area contributed by atoms with Crippen LogP contribution in [0, 0.1) is 17.1 Å². The van der Waals surface area contributed by atoms with E-state index in [0.29, 0.717) is 24.4 Å². The number of nitriles is 1. The Balaban J connectivity index is 1.46. The lowest BCUT2D eigenvalue weighted by atomic mass is 10.1. The number of rotatable bonds is 4. The van der Waals surface area contributed by atoms with Gasteiger partial charge in [-0.25, -0.2) is 9.07 Å². The maximum absolute atomic E-state index is 14.5. The molecule has 0 radical (unpaired) electrons. The fourth-order valence-electron chi connectivity index (χ4n) is 3.08. The zero-order valence-electron chi connectivity index (χ0n) is 15.4. The van der Waals surface area contributed by atoms with Crippen LogP contribution >= 0.6 is 0 Å². The van der Waals surface area contributed by atoms with Crippen LogP contribution in [0.15, 0.2) is 54.9 Å². The predicted molar refractivity (Wildman–Crippen MR) is 104 cm³/mol. The van der Waals surface area contributed by atoms with Gasteiger partial charge in [0, 0.05) is 19.3 Å². The van der Waals surface area contributed by atoms with Gasteiger partial charge in [0.2, 0.25) is 0 Å². The molecule has 1 amide bonds. The molecule has 0 bridgehead atoms. The number of hydrogen-bond acceptors (Lipinski definition) is 5. The highest BCUT2D eigenvalue weighted by Crippen LogP contribution is 2.24. The second-order valence-electron chi connectivity index (χ2n) is 6.59. The molecule has 1 unspecified atom stereocenters. The second-order valence-corrected chi connectivity index (χ2v) is 6.59. The molecule has 1 aromatic heterocycles. The first-order valence-corrected chi connectivity index (χ1v) is 9.12. The molecule has 4 rings (SSSR count). The average molecular weight is 391 g/mol. The highest BCUT2D eigenvalue weighted by atomic mass is 19.1. The summed E-state index contributed by atoms with van der Waals surface area (Å²) in [7, 11) is 0. The van der Waals surface area contributed by atoms with Crippen molar-refractivity contribution < 1.29 is 13.9 Å². The summed E-state index contributed by atoms with van der Waals surface area (Å²) in [6.07, 6.45) is 2.75.